The van der Waals surface area contributed by atoms with Gasteiger partial charge in [-0.3, -0.25) is 4.90 Å². The van der Waals surface area contributed by atoms with Gasteiger partial charge in [0.25, 0.3) is 0 Å². The van der Waals surface area contributed by atoms with Crippen molar-refractivity contribution in [2.24, 2.45) is 0 Å². The minimum Gasteiger partial charge on any atom is -0.497 e. The van der Waals surface area contributed by atoms with E-state index in [9.17, 15) is 4.79 Å². The molecule has 1 fully saturated rings. The highest BCUT2D eigenvalue weighted by atomic mass is 16.6. The minimum atomic E-state index is -0.348. The van der Waals surface area contributed by atoms with E-state index in [1.165, 1.54) is 0 Å². The van der Waals surface area contributed by atoms with Gasteiger partial charge < -0.3 is 9.47 Å². The lowest BCUT2D eigenvalue weighted by atomic mass is 10.0. The third-order valence-electron chi connectivity index (χ3n) is 4.73. The van der Waals surface area contributed by atoms with Crippen molar-refractivity contribution in [3.8, 4) is 5.75 Å². The molecular weight excluding hydrogens is 350 g/mol. The van der Waals surface area contributed by atoms with Gasteiger partial charge in [0.15, 0.2) is 0 Å². The molecule has 0 bridgehead atoms. The van der Waals surface area contributed by atoms with Gasteiger partial charge in [-0.2, -0.15) is 0 Å². The summed E-state index contributed by atoms with van der Waals surface area (Å²) in [5, 5.41) is 0. The SMILES string of the molecule is COc1cccc(C2/C(=C/c3ccccc3)OC(=O)N2Cc2ccccc2)c1. The molecule has 1 amide bonds. The Labute approximate surface area is 164 Å². The van der Waals surface area contributed by atoms with Gasteiger partial charge in [-0.1, -0.05) is 72.8 Å². The van der Waals surface area contributed by atoms with E-state index in [0.29, 0.717) is 12.3 Å². The molecule has 0 N–H and O–H groups in total. The Kier molecular flexibility index (Phi) is 5.11. The van der Waals surface area contributed by atoms with Crippen molar-refractivity contribution in [1.82, 2.24) is 4.90 Å². The second-order valence-electron chi connectivity index (χ2n) is 6.62. The van der Waals surface area contributed by atoms with E-state index in [4.69, 9.17) is 9.47 Å². The van der Waals surface area contributed by atoms with E-state index in [-0.39, 0.29) is 12.1 Å². The number of rotatable bonds is 5. The molecule has 0 radical (unpaired) electrons. The molecule has 4 nitrogen and oxygen atoms in total. The summed E-state index contributed by atoms with van der Waals surface area (Å²) in [5.74, 6) is 1.36. The van der Waals surface area contributed by atoms with Crippen LogP contribution in [0.1, 0.15) is 22.7 Å². The summed E-state index contributed by atoms with van der Waals surface area (Å²) in [4.78, 5) is 14.5. The van der Waals surface area contributed by atoms with Crippen LogP contribution in [0.3, 0.4) is 0 Å². The molecule has 0 aliphatic carbocycles. The summed E-state index contributed by atoms with van der Waals surface area (Å²) in [6, 6.07) is 27.2. The van der Waals surface area contributed by atoms with Gasteiger partial charge in [-0.25, -0.2) is 4.79 Å². The van der Waals surface area contributed by atoms with Crippen LogP contribution in [0.2, 0.25) is 0 Å². The molecule has 1 atom stereocenters. The molecular formula is C24H21NO3. The first-order chi connectivity index (χ1) is 13.7. The van der Waals surface area contributed by atoms with Crippen molar-refractivity contribution in [2.45, 2.75) is 12.6 Å². The van der Waals surface area contributed by atoms with Crippen LogP contribution in [0.4, 0.5) is 4.79 Å². The van der Waals surface area contributed by atoms with E-state index in [1.807, 2.05) is 91.0 Å². The zero-order valence-electron chi connectivity index (χ0n) is 15.6. The van der Waals surface area contributed by atoms with Gasteiger partial charge in [-0.05, 0) is 34.9 Å². The molecule has 140 valence electrons. The molecule has 0 aromatic heterocycles. The monoisotopic (exact) mass is 371 g/mol. The standard InChI is InChI=1S/C24H21NO3/c1-27-21-14-8-13-20(16-21)23-22(15-18-9-4-2-5-10-18)28-24(26)25(23)17-19-11-6-3-7-12-19/h2-16,23H,17H2,1H3/b22-15-. The van der Waals surface area contributed by atoms with Crippen molar-refractivity contribution in [1.29, 1.82) is 0 Å². The van der Waals surface area contributed by atoms with Crippen LogP contribution in [-0.2, 0) is 11.3 Å². The lowest BCUT2D eigenvalue weighted by Gasteiger charge is -2.22. The lowest BCUT2D eigenvalue weighted by molar-refractivity contribution is 0.163. The molecule has 1 heterocycles. The van der Waals surface area contributed by atoms with Crippen LogP contribution >= 0.6 is 0 Å². The number of nitrogens with zero attached hydrogens (tertiary/aromatic N) is 1. The van der Waals surface area contributed by atoms with Crippen LogP contribution in [0.15, 0.2) is 90.7 Å². The summed E-state index contributed by atoms with van der Waals surface area (Å²) in [5.41, 5.74) is 2.98. The van der Waals surface area contributed by atoms with Gasteiger partial charge in [0.2, 0.25) is 0 Å². The maximum atomic E-state index is 12.7. The molecule has 1 aliphatic heterocycles. The number of amides is 1. The number of carbonyl (C=O) groups is 1. The van der Waals surface area contributed by atoms with Crippen LogP contribution in [-0.4, -0.2) is 18.1 Å². The molecule has 0 spiro atoms. The minimum absolute atomic E-state index is 0.317. The number of hydrogen-bond donors (Lipinski definition) is 0. The third-order valence-corrected chi connectivity index (χ3v) is 4.73. The highest BCUT2D eigenvalue weighted by Crippen LogP contribution is 2.39. The van der Waals surface area contributed by atoms with Gasteiger partial charge in [0, 0.05) is 0 Å². The first kappa shape index (κ1) is 17.9. The number of hydrogen-bond acceptors (Lipinski definition) is 3. The first-order valence-electron chi connectivity index (χ1n) is 9.17. The number of cyclic esters (lactones) is 1. The number of carbonyl (C=O) groups excluding carboxylic acids is 1. The van der Waals surface area contributed by atoms with Crippen LogP contribution in [0, 0.1) is 0 Å². The Morgan fingerprint density at radius 2 is 1.68 bits per heavy atom. The number of benzene rings is 3. The van der Waals surface area contributed by atoms with Crippen LogP contribution in [0.25, 0.3) is 6.08 Å². The Balaban J connectivity index is 1.76. The van der Waals surface area contributed by atoms with E-state index < -0.39 is 0 Å². The first-order valence-corrected chi connectivity index (χ1v) is 9.17. The van der Waals surface area contributed by atoms with Crippen molar-refractivity contribution < 1.29 is 14.3 Å². The zero-order chi connectivity index (χ0) is 19.3. The molecule has 0 saturated carbocycles. The average Bonchev–Trinajstić information content (AvgIpc) is 3.04. The maximum absolute atomic E-state index is 12.7. The Bertz CT molecular complexity index is 983. The lowest BCUT2D eigenvalue weighted by Crippen LogP contribution is -2.26. The normalized spacial score (nSPS) is 17.6. The quantitative estimate of drug-likeness (QED) is 0.600. The smallest absolute Gasteiger partial charge is 0.416 e. The maximum Gasteiger partial charge on any atom is 0.416 e. The van der Waals surface area contributed by atoms with Crippen molar-refractivity contribution in [2.75, 3.05) is 7.11 Å². The second-order valence-corrected chi connectivity index (χ2v) is 6.62. The predicted octanol–water partition coefficient (Wildman–Crippen LogP) is 5.43. The molecule has 1 aliphatic rings. The van der Waals surface area contributed by atoms with E-state index in [1.54, 1.807) is 12.0 Å². The molecule has 3 aromatic rings. The predicted molar refractivity (Wildman–Crippen MR) is 109 cm³/mol. The van der Waals surface area contributed by atoms with E-state index >= 15 is 0 Å². The van der Waals surface area contributed by atoms with Crippen molar-refractivity contribution >= 4 is 12.2 Å². The summed E-state index contributed by atoms with van der Waals surface area (Å²) in [7, 11) is 1.64. The molecule has 3 aromatic carbocycles. The van der Waals surface area contributed by atoms with Crippen LogP contribution in [0.5, 0.6) is 5.75 Å². The molecule has 28 heavy (non-hydrogen) atoms. The van der Waals surface area contributed by atoms with Gasteiger partial charge in [0.05, 0.1) is 13.7 Å². The topological polar surface area (TPSA) is 38.8 Å². The molecule has 4 rings (SSSR count). The molecule has 1 saturated heterocycles. The highest BCUT2D eigenvalue weighted by molar-refractivity contribution is 5.76. The van der Waals surface area contributed by atoms with E-state index in [2.05, 4.69) is 0 Å². The Morgan fingerprint density at radius 1 is 0.964 bits per heavy atom. The fourth-order valence-electron chi connectivity index (χ4n) is 3.39. The van der Waals surface area contributed by atoms with Gasteiger partial charge >= 0.3 is 6.09 Å². The summed E-state index contributed by atoms with van der Waals surface area (Å²) in [6.45, 7) is 0.466. The molecule has 4 heteroatoms. The summed E-state index contributed by atoms with van der Waals surface area (Å²) < 4.78 is 11.1. The van der Waals surface area contributed by atoms with Crippen molar-refractivity contribution in [3.05, 3.63) is 107 Å². The fourth-order valence-corrected chi connectivity index (χ4v) is 3.39. The fraction of sp³-hybridized carbons (Fsp3) is 0.125. The van der Waals surface area contributed by atoms with Gasteiger partial charge in [-0.15, -0.1) is 0 Å². The van der Waals surface area contributed by atoms with Crippen molar-refractivity contribution in [3.63, 3.8) is 0 Å². The summed E-state index contributed by atoms with van der Waals surface area (Å²) in [6.07, 6.45) is 1.58. The summed E-state index contributed by atoms with van der Waals surface area (Å²) >= 11 is 0. The van der Waals surface area contributed by atoms with Crippen LogP contribution < -0.4 is 4.74 Å². The van der Waals surface area contributed by atoms with Gasteiger partial charge in [0.1, 0.15) is 17.6 Å². The second kappa shape index (κ2) is 8.01. The zero-order valence-corrected chi connectivity index (χ0v) is 15.6. The Morgan fingerprint density at radius 3 is 2.39 bits per heavy atom. The molecule has 1 unspecified atom stereocenters. The Hall–Kier alpha value is -3.53. The average molecular weight is 371 g/mol. The third kappa shape index (κ3) is 3.76. The highest BCUT2D eigenvalue weighted by Gasteiger charge is 2.39. The largest absolute Gasteiger partial charge is 0.497 e. The van der Waals surface area contributed by atoms with E-state index in [0.717, 1.165) is 22.4 Å². The number of ether oxygens (including phenoxy) is 2. The number of methoxy groups -OCH3 is 1.